The van der Waals surface area contributed by atoms with E-state index in [2.05, 4.69) is 18.8 Å². The molecular formula is C11H15NO. The van der Waals surface area contributed by atoms with Crippen molar-refractivity contribution >= 4 is 6.08 Å². The first-order chi connectivity index (χ1) is 6.33. The first-order valence-corrected chi connectivity index (χ1v) is 4.39. The Bertz CT molecular complexity index is 262. The smallest absolute Gasteiger partial charge is 0.126 e. The van der Waals surface area contributed by atoms with Gasteiger partial charge in [0, 0.05) is 12.6 Å². The number of furan rings is 1. The van der Waals surface area contributed by atoms with E-state index in [4.69, 9.17) is 4.42 Å². The molecule has 0 saturated heterocycles. The SMILES string of the molecule is C=CC(C)NC/C=C/c1ccco1. The van der Waals surface area contributed by atoms with Gasteiger partial charge in [0.15, 0.2) is 0 Å². The van der Waals surface area contributed by atoms with Crippen LogP contribution in [0.15, 0.2) is 41.5 Å². The lowest BCUT2D eigenvalue weighted by atomic mass is 10.3. The quantitative estimate of drug-likeness (QED) is 0.699. The summed E-state index contributed by atoms with van der Waals surface area (Å²) < 4.78 is 5.13. The topological polar surface area (TPSA) is 25.2 Å². The molecule has 0 radical (unpaired) electrons. The molecule has 1 unspecified atom stereocenters. The van der Waals surface area contributed by atoms with Crippen LogP contribution in [0.3, 0.4) is 0 Å². The fraction of sp³-hybridized carbons (Fsp3) is 0.273. The molecular weight excluding hydrogens is 162 g/mol. The Labute approximate surface area is 79.0 Å². The Kier molecular flexibility index (Phi) is 4.06. The maximum atomic E-state index is 5.13. The predicted molar refractivity (Wildman–Crippen MR) is 55.4 cm³/mol. The van der Waals surface area contributed by atoms with Gasteiger partial charge in [-0.05, 0) is 25.1 Å². The molecule has 1 aromatic heterocycles. The van der Waals surface area contributed by atoms with Gasteiger partial charge in [0.1, 0.15) is 5.76 Å². The Hall–Kier alpha value is -1.28. The summed E-state index contributed by atoms with van der Waals surface area (Å²) in [6.07, 6.45) is 7.52. The number of hydrogen-bond donors (Lipinski definition) is 1. The fourth-order valence-electron chi connectivity index (χ4n) is 0.898. The van der Waals surface area contributed by atoms with Crippen LogP contribution in [-0.2, 0) is 0 Å². The second-order valence-corrected chi connectivity index (χ2v) is 2.85. The molecule has 70 valence electrons. The molecule has 2 heteroatoms. The maximum Gasteiger partial charge on any atom is 0.126 e. The highest BCUT2D eigenvalue weighted by molar-refractivity contribution is 5.42. The molecule has 0 bridgehead atoms. The van der Waals surface area contributed by atoms with Crippen LogP contribution in [0.2, 0.25) is 0 Å². The summed E-state index contributed by atoms with van der Waals surface area (Å²) in [4.78, 5) is 0. The zero-order chi connectivity index (χ0) is 9.52. The van der Waals surface area contributed by atoms with E-state index >= 15 is 0 Å². The van der Waals surface area contributed by atoms with E-state index < -0.39 is 0 Å². The summed E-state index contributed by atoms with van der Waals surface area (Å²) >= 11 is 0. The van der Waals surface area contributed by atoms with Crippen LogP contribution in [0.5, 0.6) is 0 Å². The highest BCUT2D eigenvalue weighted by Crippen LogP contribution is 2.01. The van der Waals surface area contributed by atoms with Gasteiger partial charge in [-0.3, -0.25) is 0 Å². The van der Waals surface area contributed by atoms with Crippen molar-refractivity contribution in [3.63, 3.8) is 0 Å². The summed E-state index contributed by atoms with van der Waals surface area (Å²) in [6.45, 7) is 6.57. The maximum absolute atomic E-state index is 5.13. The van der Waals surface area contributed by atoms with Gasteiger partial charge in [0.25, 0.3) is 0 Å². The van der Waals surface area contributed by atoms with Crippen LogP contribution in [-0.4, -0.2) is 12.6 Å². The van der Waals surface area contributed by atoms with Gasteiger partial charge in [-0.1, -0.05) is 12.2 Å². The van der Waals surface area contributed by atoms with Crippen LogP contribution >= 0.6 is 0 Å². The van der Waals surface area contributed by atoms with Crippen molar-refractivity contribution in [1.82, 2.24) is 5.32 Å². The Morgan fingerprint density at radius 1 is 1.69 bits per heavy atom. The third-order valence-electron chi connectivity index (χ3n) is 1.74. The Morgan fingerprint density at radius 2 is 2.54 bits per heavy atom. The molecule has 0 aliphatic heterocycles. The predicted octanol–water partition coefficient (Wildman–Crippen LogP) is 2.46. The lowest BCUT2D eigenvalue weighted by Crippen LogP contribution is -2.23. The van der Waals surface area contributed by atoms with Crippen molar-refractivity contribution < 1.29 is 4.42 Å². The van der Waals surface area contributed by atoms with Gasteiger partial charge in [0.2, 0.25) is 0 Å². The highest BCUT2D eigenvalue weighted by atomic mass is 16.3. The lowest BCUT2D eigenvalue weighted by molar-refractivity contribution is 0.556. The third-order valence-corrected chi connectivity index (χ3v) is 1.74. The van der Waals surface area contributed by atoms with Gasteiger partial charge >= 0.3 is 0 Å². The zero-order valence-corrected chi connectivity index (χ0v) is 7.86. The molecule has 0 fully saturated rings. The summed E-state index contributed by atoms with van der Waals surface area (Å²) in [5.74, 6) is 0.882. The van der Waals surface area contributed by atoms with Crippen LogP contribution < -0.4 is 5.32 Å². The highest BCUT2D eigenvalue weighted by Gasteiger charge is 1.90. The molecule has 1 aromatic rings. The van der Waals surface area contributed by atoms with Crippen LogP contribution in [0.25, 0.3) is 6.08 Å². The first kappa shape index (κ1) is 9.81. The van der Waals surface area contributed by atoms with Gasteiger partial charge in [-0.25, -0.2) is 0 Å². The van der Waals surface area contributed by atoms with Crippen molar-refractivity contribution in [2.45, 2.75) is 13.0 Å². The molecule has 0 spiro atoms. The second-order valence-electron chi connectivity index (χ2n) is 2.85. The van der Waals surface area contributed by atoms with Crippen molar-refractivity contribution in [1.29, 1.82) is 0 Å². The van der Waals surface area contributed by atoms with Crippen molar-refractivity contribution in [2.24, 2.45) is 0 Å². The minimum Gasteiger partial charge on any atom is -0.465 e. The number of hydrogen-bond acceptors (Lipinski definition) is 2. The molecule has 0 aliphatic carbocycles. The largest absolute Gasteiger partial charge is 0.465 e. The summed E-state index contributed by atoms with van der Waals surface area (Å²) in [7, 11) is 0. The number of rotatable bonds is 5. The van der Waals surface area contributed by atoms with Gasteiger partial charge in [-0.15, -0.1) is 6.58 Å². The molecule has 0 aromatic carbocycles. The molecule has 1 atom stereocenters. The van der Waals surface area contributed by atoms with E-state index in [0.29, 0.717) is 6.04 Å². The van der Waals surface area contributed by atoms with Gasteiger partial charge in [-0.2, -0.15) is 0 Å². The van der Waals surface area contributed by atoms with E-state index in [1.807, 2.05) is 30.4 Å². The Balaban J connectivity index is 2.23. The number of nitrogens with one attached hydrogen (secondary N) is 1. The molecule has 2 nitrogen and oxygen atoms in total. The minimum atomic E-state index is 0.348. The lowest BCUT2D eigenvalue weighted by Gasteiger charge is -2.04. The molecule has 0 saturated carbocycles. The molecule has 13 heavy (non-hydrogen) atoms. The van der Waals surface area contributed by atoms with E-state index in [1.165, 1.54) is 0 Å². The first-order valence-electron chi connectivity index (χ1n) is 4.39. The van der Waals surface area contributed by atoms with Crippen LogP contribution in [0.1, 0.15) is 12.7 Å². The van der Waals surface area contributed by atoms with E-state index in [0.717, 1.165) is 12.3 Å². The molecule has 0 aliphatic rings. The summed E-state index contributed by atoms with van der Waals surface area (Å²) in [5.41, 5.74) is 0. The average Bonchev–Trinajstić information content (AvgIpc) is 2.64. The van der Waals surface area contributed by atoms with Crippen molar-refractivity contribution in [3.8, 4) is 0 Å². The van der Waals surface area contributed by atoms with Crippen molar-refractivity contribution in [3.05, 3.63) is 42.9 Å². The molecule has 1 N–H and O–H groups in total. The standard InChI is InChI=1S/C11H15NO/c1-3-10(2)12-8-4-6-11-7-5-9-13-11/h3-7,9-10,12H,1,8H2,2H3/b6-4+. The monoisotopic (exact) mass is 177 g/mol. The van der Waals surface area contributed by atoms with Crippen LogP contribution in [0, 0.1) is 0 Å². The summed E-state index contributed by atoms with van der Waals surface area (Å²) in [6, 6.07) is 4.15. The minimum absolute atomic E-state index is 0.348. The fourth-order valence-corrected chi connectivity index (χ4v) is 0.898. The molecule has 1 rings (SSSR count). The van der Waals surface area contributed by atoms with Crippen molar-refractivity contribution in [2.75, 3.05) is 6.54 Å². The van der Waals surface area contributed by atoms with Gasteiger partial charge < -0.3 is 9.73 Å². The van der Waals surface area contributed by atoms with E-state index in [9.17, 15) is 0 Å². The molecule has 1 heterocycles. The second kappa shape index (κ2) is 5.38. The van der Waals surface area contributed by atoms with E-state index in [-0.39, 0.29) is 0 Å². The summed E-state index contributed by atoms with van der Waals surface area (Å²) in [5, 5.41) is 3.25. The van der Waals surface area contributed by atoms with Crippen LogP contribution in [0.4, 0.5) is 0 Å². The molecule has 0 amide bonds. The third kappa shape index (κ3) is 3.76. The average molecular weight is 177 g/mol. The Morgan fingerprint density at radius 3 is 3.15 bits per heavy atom. The zero-order valence-electron chi connectivity index (χ0n) is 7.86. The normalized spacial score (nSPS) is 13.3. The van der Waals surface area contributed by atoms with E-state index in [1.54, 1.807) is 6.26 Å². The van der Waals surface area contributed by atoms with Gasteiger partial charge in [0.05, 0.1) is 6.26 Å².